The number of nitrogens with one attached hydrogen (secondary N) is 2. The van der Waals surface area contributed by atoms with Gasteiger partial charge in [-0.15, -0.1) is 0 Å². The van der Waals surface area contributed by atoms with Gasteiger partial charge in [-0.25, -0.2) is 4.79 Å². The fourth-order valence-corrected chi connectivity index (χ4v) is 3.84. The van der Waals surface area contributed by atoms with Crippen LogP contribution in [0.5, 0.6) is 11.5 Å². The molecule has 7 N–H and O–H groups in total. The molecular formula is C25H32B2N2O10. The number of para-hydroxylation sites is 2. The Hall–Kier alpha value is -3.87. The Morgan fingerprint density at radius 2 is 1.67 bits per heavy atom. The number of phenolic OH excluding ortho intramolecular Hbond substituents is 1. The zero-order valence-corrected chi connectivity index (χ0v) is 21.9. The van der Waals surface area contributed by atoms with Gasteiger partial charge in [0.25, 0.3) is 0 Å². The first-order valence-corrected chi connectivity index (χ1v) is 12.4. The molecule has 208 valence electrons. The van der Waals surface area contributed by atoms with Crippen LogP contribution in [0.25, 0.3) is 0 Å². The number of phenols is 1. The van der Waals surface area contributed by atoms with Crippen molar-refractivity contribution in [1.29, 1.82) is 0 Å². The summed E-state index contributed by atoms with van der Waals surface area (Å²) in [5.74, 6) is -3.46. The van der Waals surface area contributed by atoms with E-state index in [1.165, 1.54) is 19.1 Å². The van der Waals surface area contributed by atoms with E-state index in [4.69, 9.17) is 9.76 Å². The number of benzene rings is 2. The Morgan fingerprint density at radius 1 is 1.05 bits per heavy atom. The fourth-order valence-electron chi connectivity index (χ4n) is 3.84. The maximum atomic E-state index is 11.3. The largest absolute Gasteiger partial charge is 0.547 e. The van der Waals surface area contributed by atoms with Crippen LogP contribution >= 0.6 is 0 Å². The van der Waals surface area contributed by atoms with Gasteiger partial charge in [0.1, 0.15) is 11.5 Å². The number of hydrogen-bond acceptors (Lipinski definition) is 9. The third-order valence-electron chi connectivity index (χ3n) is 5.98. The van der Waals surface area contributed by atoms with Crippen LogP contribution in [0.3, 0.4) is 0 Å². The number of carbonyl (C=O) groups is 4. The predicted octanol–water partition coefficient (Wildman–Crippen LogP) is 0.278. The smallest absolute Gasteiger partial charge is 0.534 e. The van der Waals surface area contributed by atoms with E-state index >= 15 is 0 Å². The number of carboxylic acid groups (broad SMARTS) is 1. The number of aromatic hydroxyl groups is 1. The van der Waals surface area contributed by atoms with Gasteiger partial charge in [0, 0.05) is 12.8 Å². The van der Waals surface area contributed by atoms with Crippen LogP contribution in [0.15, 0.2) is 36.4 Å². The Balaban J connectivity index is 0.000000274. The lowest BCUT2D eigenvalue weighted by Gasteiger charge is -2.28. The van der Waals surface area contributed by atoms with Crippen molar-refractivity contribution < 1.29 is 49.1 Å². The Kier molecular flexibility index (Phi) is 11.5. The predicted molar refractivity (Wildman–Crippen MR) is 142 cm³/mol. The molecule has 1 heterocycles. The summed E-state index contributed by atoms with van der Waals surface area (Å²) in [5, 5.41) is 52.5. The molecule has 2 amide bonds. The highest BCUT2D eigenvalue weighted by Gasteiger charge is 2.37. The third-order valence-corrected chi connectivity index (χ3v) is 5.98. The molecule has 0 radical (unpaired) electrons. The molecule has 14 heteroatoms. The molecule has 0 unspecified atom stereocenters. The van der Waals surface area contributed by atoms with Gasteiger partial charge in [-0.2, -0.15) is 0 Å². The number of hydrogen-bond donors (Lipinski definition) is 7. The fraction of sp³-hybridized carbons (Fsp3) is 0.360. The maximum Gasteiger partial charge on any atom is 0.547 e. The van der Waals surface area contributed by atoms with Crippen LogP contribution in [0.4, 0.5) is 0 Å². The van der Waals surface area contributed by atoms with Crippen LogP contribution in [0, 0.1) is 0 Å². The lowest BCUT2D eigenvalue weighted by atomic mass is 9.72. The Labute approximate surface area is 226 Å². The van der Waals surface area contributed by atoms with Crippen LogP contribution in [0.2, 0.25) is 0 Å². The van der Waals surface area contributed by atoms with Crippen LogP contribution in [0.1, 0.15) is 65.5 Å². The number of carbonyl (C=O) groups excluding carboxylic acids is 3. The summed E-state index contributed by atoms with van der Waals surface area (Å²) in [4.78, 5) is 45.1. The topological polar surface area (TPSA) is 203 Å². The van der Waals surface area contributed by atoms with Crippen molar-refractivity contribution in [3.8, 4) is 11.5 Å². The molecule has 39 heavy (non-hydrogen) atoms. The van der Waals surface area contributed by atoms with Crippen molar-refractivity contribution in [1.82, 2.24) is 10.6 Å². The number of carboxylic acids is 1. The number of fused-ring (bicyclic) bond motifs is 1. The van der Waals surface area contributed by atoms with E-state index < -0.39 is 32.1 Å². The number of aromatic carboxylic acids is 1. The summed E-state index contributed by atoms with van der Waals surface area (Å²) < 4.78 is 5.24. The molecule has 1 aliphatic heterocycles. The molecule has 0 bridgehead atoms. The van der Waals surface area contributed by atoms with E-state index in [0.717, 1.165) is 0 Å². The van der Waals surface area contributed by atoms with E-state index in [1.54, 1.807) is 38.1 Å². The van der Waals surface area contributed by atoms with E-state index in [9.17, 15) is 39.4 Å². The van der Waals surface area contributed by atoms with Crippen molar-refractivity contribution in [2.75, 3.05) is 0 Å². The molecule has 0 fully saturated rings. The molecule has 2 aromatic rings. The van der Waals surface area contributed by atoms with Crippen molar-refractivity contribution in [2.45, 2.75) is 58.3 Å². The molecule has 12 nitrogen and oxygen atoms in total. The van der Waals surface area contributed by atoms with Crippen molar-refractivity contribution in [3.63, 3.8) is 0 Å². The zero-order chi connectivity index (χ0) is 29.3. The third kappa shape index (κ3) is 8.57. The van der Waals surface area contributed by atoms with Gasteiger partial charge in [-0.05, 0) is 43.0 Å². The van der Waals surface area contributed by atoms with Crippen molar-refractivity contribution >= 4 is 37.8 Å². The minimum absolute atomic E-state index is 0.0103. The second-order valence-electron chi connectivity index (χ2n) is 8.85. The average Bonchev–Trinajstić information content (AvgIpc) is 2.89. The Morgan fingerprint density at radius 3 is 2.23 bits per heavy atom. The highest BCUT2D eigenvalue weighted by molar-refractivity contribution is 6.47. The first kappa shape index (κ1) is 31.3. The normalized spacial score (nSPS) is 14.5. The SMILES string of the molecule is CCC(=O)N[C@@H](Cc1cccc(C(C)=O)c1O)B(O)O.CCC(=O)N[C@H]1Cc2cccc(C(=O)O)c2OB1O. The molecule has 0 aliphatic carbocycles. The molecule has 0 saturated heterocycles. The molecule has 0 saturated carbocycles. The monoisotopic (exact) mass is 542 g/mol. The second kappa shape index (κ2) is 14.3. The summed E-state index contributed by atoms with van der Waals surface area (Å²) in [6.45, 7) is 4.68. The summed E-state index contributed by atoms with van der Waals surface area (Å²) >= 11 is 0. The Bertz CT molecular complexity index is 1210. The van der Waals surface area contributed by atoms with Crippen LogP contribution in [-0.2, 0) is 22.4 Å². The summed E-state index contributed by atoms with van der Waals surface area (Å²) in [6.07, 6.45) is 0.869. The lowest BCUT2D eigenvalue weighted by Crippen LogP contribution is -2.53. The standard InChI is InChI=1S/C13H18BNO5.C12H14BNO5/c1-3-12(17)15-11(14(19)20)7-9-5-4-6-10(8(2)16)13(9)18;1-2-10(15)14-9-6-7-4-3-5-8(12(16)17)11(7)19-13(9)18/h4-6,11,18-20H,3,7H2,1-2H3,(H,15,17);3-5,9,18H,2,6H2,1H3,(H,14,15)(H,16,17)/t11-;9-/m00/s1. The number of rotatable bonds is 9. The molecule has 2 atom stereocenters. The molecular weight excluding hydrogens is 510 g/mol. The van der Waals surface area contributed by atoms with Crippen molar-refractivity contribution in [3.05, 3.63) is 58.7 Å². The van der Waals surface area contributed by atoms with Gasteiger partial charge >= 0.3 is 20.2 Å². The number of Topliss-reactive ketones (excluding diaryl/α,β-unsaturated/α-hetero) is 1. The van der Waals surface area contributed by atoms with Gasteiger partial charge < -0.3 is 40.6 Å². The van der Waals surface area contributed by atoms with Crippen LogP contribution in [-0.4, -0.2) is 75.0 Å². The first-order valence-electron chi connectivity index (χ1n) is 12.4. The van der Waals surface area contributed by atoms with Crippen molar-refractivity contribution in [2.24, 2.45) is 0 Å². The molecule has 2 aromatic carbocycles. The minimum atomic E-state index is -1.76. The van der Waals surface area contributed by atoms with E-state index in [2.05, 4.69) is 10.6 Å². The van der Waals surface area contributed by atoms with Gasteiger partial charge in [0.2, 0.25) is 11.8 Å². The second-order valence-corrected chi connectivity index (χ2v) is 8.85. The van der Waals surface area contributed by atoms with E-state index in [0.29, 0.717) is 24.0 Å². The van der Waals surface area contributed by atoms with Gasteiger partial charge in [-0.3, -0.25) is 14.4 Å². The zero-order valence-electron chi connectivity index (χ0n) is 21.9. The number of ketones is 1. The van der Waals surface area contributed by atoms with Crippen LogP contribution < -0.4 is 15.3 Å². The van der Waals surface area contributed by atoms with E-state index in [-0.39, 0.29) is 53.1 Å². The molecule has 0 spiro atoms. The van der Waals surface area contributed by atoms with Gasteiger partial charge in [0.15, 0.2) is 5.78 Å². The quantitative estimate of drug-likeness (QED) is 0.170. The highest BCUT2D eigenvalue weighted by Crippen LogP contribution is 2.30. The first-order chi connectivity index (χ1) is 18.4. The molecule has 3 rings (SSSR count). The average molecular weight is 542 g/mol. The maximum absolute atomic E-state index is 11.3. The highest BCUT2D eigenvalue weighted by atomic mass is 16.5. The van der Waals surface area contributed by atoms with Gasteiger partial charge in [-0.1, -0.05) is 38.1 Å². The number of amides is 2. The lowest BCUT2D eigenvalue weighted by molar-refractivity contribution is -0.122. The van der Waals surface area contributed by atoms with Gasteiger partial charge in [0.05, 0.1) is 23.0 Å². The molecule has 0 aromatic heterocycles. The summed E-state index contributed by atoms with van der Waals surface area (Å²) in [5.41, 5.74) is 1.20. The summed E-state index contributed by atoms with van der Waals surface area (Å²) in [6, 6.07) is 9.39. The minimum Gasteiger partial charge on any atom is -0.534 e. The summed E-state index contributed by atoms with van der Waals surface area (Å²) in [7, 11) is -3.01. The van der Waals surface area contributed by atoms with E-state index in [1.807, 2.05) is 0 Å². The molecule has 1 aliphatic rings.